The molecule has 4 heteroatoms. The third-order valence-corrected chi connectivity index (χ3v) is 3.96. The van der Waals surface area contributed by atoms with E-state index in [4.69, 9.17) is 4.74 Å². The van der Waals surface area contributed by atoms with E-state index in [2.05, 4.69) is 41.2 Å². The molecule has 4 nitrogen and oxygen atoms in total. The van der Waals surface area contributed by atoms with Crippen LogP contribution in [0.25, 0.3) is 0 Å². The first kappa shape index (κ1) is 15.4. The Bertz CT molecular complexity index is 365. The summed E-state index contributed by atoms with van der Waals surface area (Å²) in [4.78, 5) is 6.86. The van der Waals surface area contributed by atoms with Gasteiger partial charge in [0.15, 0.2) is 0 Å². The van der Waals surface area contributed by atoms with Crippen molar-refractivity contribution in [1.29, 1.82) is 0 Å². The molecule has 2 atom stereocenters. The van der Waals surface area contributed by atoms with Gasteiger partial charge in [-0.2, -0.15) is 0 Å². The SMILES string of the molecule is CCN(Cc1ccccn1)C(C)CNCC1CCCO1. The lowest BCUT2D eigenvalue weighted by molar-refractivity contribution is 0.107. The lowest BCUT2D eigenvalue weighted by atomic mass is 10.2. The van der Waals surface area contributed by atoms with Gasteiger partial charge in [-0.25, -0.2) is 0 Å². The number of nitrogens with one attached hydrogen (secondary N) is 1. The number of nitrogens with zero attached hydrogens (tertiary/aromatic N) is 2. The van der Waals surface area contributed by atoms with Crippen molar-refractivity contribution in [2.24, 2.45) is 0 Å². The van der Waals surface area contributed by atoms with Crippen LogP contribution in [-0.2, 0) is 11.3 Å². The minimum Gasteiger partial charge on any atom is -0.377 e. The van der Waals surface area contributed by atoms with Crippen LogP contribution in [0, 0.1) is 0 Å². The van der Waals surface area contributed by atoms with Crippen LogP contribution in [-0.4, -0.2) is 48.3 Å². The fraction of sp³-hybridized carbons (Fsp3) is 0.688. The molecule has 0 aliphatic carbocycles. The average molecular weight is 277 g/mol. The van der Waals surface area contributed by atoms with Crippen LogP contribution in [0.2, 0.25) is 0 Å². The Balaban J connectivity index is 1.72. The van der Waals surface area contributed by atoms with Crippen molar-refractivity contribution in [2.75, 3.05) is 26.2 Å². The van der Waals surface area contributed by atoms with E-state index in [-0.39, 0.29) is 0 Å². The number of hydrogen-bond acceptors (Lipinski definition) is 4. The molecule has 1 saturated heterocycles. The lowest BCUT2D eigenvalue weighted by Gasteiger charge is -2.28. The van der Waals surface area contributed by atoms with E-state index in [9.17, 15) is 0 Å². The van der Waals surface area contributed by atoms with Gasteiger partial charge in [-0.15, -0.1) is 0 Å². The number of rotatable bonds is 8. The van der Waals surface area contributed by atoms with E-state index < -0.39 is 0 Å². The zero-order chi connectivity index (χ0) is 14.2. The average Bonchev–Trinajstić information content (AvgIpc) is 2.99. The maximum absolute atomic E-state index is 5.63. The van der Waals surface area contributed by atoms with Crippen LogP contribution < -0.4 is 5.32 Å². The monoisotopic (exact) mass is 277 g/mol. The van der Waals surface area contributed by atoms with E-state index in [1.807, 2.05) is 12.3 Å². The van der Waals surface area contributed by atoms with E-state index in [0.717, 1.165) is 38.5 Å². The van der Waals surface area contributed by atoms with Gasteiger partial charge in [0.1, 0.15) is 0 Å². The Morgan fingerprint density at radius 2 is 2.40 bits per heavy atom. The maximum atomic E-state index is 5.63. The van der Waals surface area contributed by atoms with E-state index in [1.165, 1.54) is 12.8 Å². The number of ether oxygens (including phenoxy) is 1. The summed E-state index contributed by atoms with van der Waals surface area (Å²) in [5.74, 6) is 0. The molecule has 1 fully saturated rings. The molecule has 0 radical (unpaired) electrons. The minimum absolute atomic E-state index is 0.424. The zero-order valence-electron chi connectivity index (χ0n) is 12.7. The summed E-state index contributed by atoms with van der Waals surface area (Å²) >= 11 is 0. The van der Waals surface area contributed by atoms with Crippen molar-refractivity contribution < 1.29 is 4.74 Å². The van der Waals surface area contributed by atoms with Crippen molar-refractivity contribution in [3.8, 4) is 0 Å². The molecule has 2 heterocycles. The van der Waals surface area contributed by atoms with Gasteiger partial charge < -0.3 is 10.1 Å². The third kappa shape index (κ3) is 4.85. The van der Waals surface area contributed by atoms with Crippen LogP contribution in [0.15, 0.2) is 24.4 Å². The maximum Gasteiger partial charge on any atom is 0.0700 e. The molecule has 2 unspecified atom stereocenters. The molecule has 1 aliphatic heterocycles. The standard InChI is InChI=1S/C16H27N3O/c1-3-19(13-15-7-4-5-9-18-15)14(2)11-17-12-16-8-6-10-20-16/h4-5,7,9,14,16-17H,3,6,8,10-13H2,1-2H3. The summed E-state index contributed by atoms with van der Waals surface area (Å²) in [5, 5.41) is 3.54. The van der Waals surface area contributed by atoms with E-state index in [1.54, 1.807) is 0 Å². The van der Waals surface area contributed by atoms with Crippen LogP contribution >= 0.6 is 0 Å². The topological polar surface area (TPSA) is 37.4 Å². The van der Waals surface area contributed by atoms with Gasteiger partial charge in [0.05, 0.1) is 11.8 Å². The zero-order valence-corrected chi connectivity index (χ0v) is 12.7. The first-order chi connectivity index (χ1) is 9.79. The molecule has 0 bridgehead atoms. The first-order valence-corrected chi connectivity index (χ1v) is 7.76. The summed E-state index contributed by atoms with van der Waals surface area (Å²) in [6, 6.07) is 6.61. The van der Waals surface area contributed by atoms with Gasteiger partial charge in [0.25, 0.3) is 0 Å². The van der Waals surface area contributed by atoms with Crippen LogP contribution in [0.5, 0.6) is 0 Å². The predicted octanol–water partition coefficient (Wildman–Crippen LogP) is 2.06. The van der Waals surface area contributed by atoms with Crippen molar-refractivity contribution in [3.05, 3.63) is 30.1 Å². The van der Waals surface area contributed by atoms with Crippen LogP contribution in [0.1, 0.15) is 32.4 Å². The van der Waals surface area contributed by atoms with Gasteiger partial charge in [0.2, 0.25) is 0 Å². The molecule has 0 amide bonds. The highest BCUT2D eigenvalue weighted by Gasteiger charge is 2.17. The molecular formula is C16H27N3O. The smallest absolute Gasteiger partial charge is 0.0700 e. The molecule has 1 N–H and O–H groups in total. The minimum atomic E-state index is 0.424. The summed E-state index contributed by atoms with van der Waals surface area (Å²) in [7, 11) is 0. The molecule has 0 aromatic carbocycles. The lowest BCUT2D eigenvalue weighted by Crippen LogP contribution is -2.41. The summed E-state index contributed by atoms with van der Waals surface area (Å²) in [6.07, 6.45) is 4.70. The van der Waals surface area contributed by atoms with E-state index in [0.29, 0.717) is 12.1 Å². The fourth-order valence-electron chi connectivity index (χ4n) is 2.67. The van der Waals surface area contributed by atoms with Gasteiger partial charge in [0, 0.05) is 38.5 Å². The highest BCUT2D eigenvalue weighted by molar-refractivity contribution is 5.03. The molecule has 20 heavy (non-hydrogen) atoms. The molecule has 112 valence electrons. The van der Waals surface area contributed by atoms with Crippen molar-refractivity contribution >= 4 is 0 Å². The second kappa shape index (κ2) is 8.35. The molecule has 1 aromatic rings. The third-order valence-electron chi connectivity index (χ3n) is 3.96. The Labute approximate surface area is 122 Å². The molecular weight excluding hydrogens is 250 g/mol. The summed E-state index contributed by atoms with van der Waals surface area (Å²) < 4.78 is 5.63. The second-order valence-electron chi connectivity index (χ2n) is 5.53. The molecule has 0 saturated carbocycles. The van der Waals surface area contributed by atoms with E-state index >= 15 is 0 Å². The Hall–Kier alpha value is -0.970. The molecule has 1 aromatic heterocycles. The Morgan fingerprint density at radius 3 is 3.05 bits per heavy atom. The quantitative estimate of drug-likeness (QED) is 0.789. The second-order valence-corrected chi connectivity index (χ2v) is 5.53. The number of pyridine rings is 1. The van der Waals surface area contributed by atoms with Gasteiger partial charge in [-0.05, 0) is 38.4 Å². The number of hydrogen-bond donors (Lipinski definition) is 1. The number of likely N-dealkylation sites (N-methyl/N-ethyl adjacent to an activating group) is 1. The highest BCUT2D eigenvalue weighted by Crippen LogP contribution is 2.11. The fourth-order valence-corrected chi connectivity index (χ4v) is 2.67. The normalized spacial score (nSPS) is 20.4. The largest absolute Gasteiger partial charge is 0.377 e. The van der Waals surface area contributed by atoms with Crippen LogP contribution in [0.3, 0.4) is 0 Å². The summed E-state index contributed by atoms with van der Waals surface area (Å²) in [6.45, 7) is 9.35. The first-order valence-electron chi connectivity index (χ1n) is 7.76. The van der Waals surface area contributed by atoms with Gasteiger partial charge in [-0.1, -0.05) is 13.0 Å². The highest BCUT2D eigenvalue weighted by atomic mass is 16.5. The van der Waals surface area contributed by atoms with Crippen molar-refractivity contribution in [1.82, 2.24) is 15.2 Å². The Kier molecular flexibility index (Phi) is 6.43. The number of aromatic nitrogens is 1. The van der Waals surface area contributed by atoms with Crippen molar-refractivity contribution in [2.45, 2.75) is 45.4 Å². The molecule has 2 rings (SSSR count). The predicted molar refractivity (Wildman–Crippen MR) is 81.6 cm³/mol. The molecule has 1 aliphatic rings. The summed E-state index contributed by atoms with van der Waals surface area (Å²) in [5.41, 5.74) is 1.14. The van der Waals surface area contributed by atoms with Gasteiger partial charge in [-0.3, -0.25) is 9.88 Å². The van der Waals surface area contributed by atoms with Crippen LogP contribution in [0.4, 0.5) is 0 Å². The Morgan fingerprint density at radius 1 is 1.50 bits per heavy atom. The van der Waals surface area contributed by atoms with Gasteiger partial charge >= 0.3 is 0 Å². The van der Waals surface area contributed by atoms with Crippen molar-refractivity contribution in [3.63, 3.8) is 0 Å². The molecule has 0 spiro atoms.